The lowest BCUT2D eigenvalue weighted by molar-refractivity contribution is -0.131. The molecule has 0 aromatic heterocycles. The number of benzene rings is 1. The monoisotopic (exact) mass is 236 g/mol. The van der Waals surface area contributed by atoms with Crippen LogP contribution in [0.15, 0.2) is 30.3 Å². The van der Waals surface area contributed by atoms with Gasteiger partial charge in [-0.15, -0.1) is 0 Å². The summed E-state index contributed by atoms with van der Waals surface area (Å²) in [5.41, 5.74) is 6.97. The Hall–Kier alpha value is -1.39. The number of hydrogen-bond donors (Lipinski definition) is 2. The van der Waals surface area contributed by atoms with E-state index in [1.54, 1.807) is 6.92 Å². The third-order valence-electron chi connectivity index (χ3n) is 2.51. The highest BCUT2D eigenvalue weighted by molar-refractivity contribution is 5.80. The summed E-state index contributed by atoms with van der Waals surface area (Å²) in [5, 5.41) is 2.78. The summed E-state index contributed by atoms with van der Waals surface area (Å²) in [6.07, 6.45) is -0.428. The molecule has 94 valence electrons. The summed E-state index contributed by atoms with van der Waals surface area (Å²) in [5.74, 6) is -0.127. The first-order valence-corrected chi connectivity index (χ1v) is 5.85. The smallest absolute Gasteiger partial charge is 0.248 e. The van der Waals surface area contributed by atoms with Crippen molar-refractivity contribution in [2.45, 2.75) is 26.0 Å². The lowest BCUT2D eigenvalue weighted by Gasteiger charge is -2.16. The first-order valence-electron chi connectivity index (χ1n) is 5.85. The van der Waals surface area contributed by atoms with Crippen molar-refractivity contribution in [1.29, 1.82) is 0 Å². The number of carbonyl (C=O) groups is 1. The van der Waals surface area contributed by atoms with E-state index >= 15 is 0 Å². The van der Waals surface area contributed by atoms with E-state index in [4.69, 9.17) is 10.5 Å². The Morgan fingerprint density at radius 3 is 2.65 bits per heavy atom. The molecule has 0 radical (unpaired) electrons. The number of nitrogens with one attached hydrogen (secondary N) is 1. The predicted molar refractivity (Wildman–Crippen MR) is 67.5 cm³/mol. The normalized spacial score (nSPS) is 14.1. The Morgan fingerprint density at radius 2 is 2.06 bits per heavy atom. The standard InChI is InChI=1S/C13H20N2O2/c1-3-17-10(2)13(16)15-9-12(14)11-7-5-4-6-8-11/h4-8,10,12H,3,9,14H2,1-2H3,(H,15,16). The van der Waals surface area contributed by atoms with E-state index in [2.05, 4.69) is 5.32 Å². The molecule has 0 fully saturated rings. The molecule has 4 heteroatoms. The van der Waals surface area contributed by atoms with Crippen molar-refractivity contribution in [2.24, 2.45) is 5.73 Å². The van der Waals surface area contributed by atoms with Gasteiger partial charge in [0.15, 0.2) is 0 Å². The molecule has 0 spiro atoms. The van der Waals surface area contributed by atoms with Crippen LogP contribution in [-0.4, -0.2) is 25.2 Å². The number of hydrogen-bond acceptors (Lipinski definition) is 3. The van der Waals surface area contributed by atoms with Crippen LogP contribution in [0, 0.1) is 0 Å². The topological polar surface area (TPSA) is 64.3 Å². The van der Waals surface area contributed by atoms with Crippen molar-refractivity contribution in [1.82, 2.24) is 5.32 Å². The summed E-state index contributed by atoms with van der Waals surface area (Å²) in [6.45, 7) is 4.53. The van der Waals surface area contributed by atoms with Crippen LogP contribution in [0.3, 0.4) is 0 Å². The minimum absolute atomic E-state index is 0.127. The molecule has 0 bridgehead atoms. The average Bonchev–Trinajstić information content (AvgIpc) is 2.36. The lowest BCUT2D eigenvalue weighted by Crippen LogP contribution is -2.38. The molecular weight excluding hydrogens is 216 g/mol. The van der Waals surface area contributed by atoms with Crippen LogP contribution in [0.1, 0.15) is 25.5 Å². The van der Waals surface area contributed by atoms with Crippen LogP contribution >= 0.6 is 0 Å². The molecule has 0 aliphatic carbocycles. The fraction of sp³-hybridized carbons (Fsp3) is 0.462. The van der Waals surface area contributed by atoms with E-state index in [-0.39, 0.29) is 11.9 Å². The summed E-state index contributed by atoms with van der Waals surface area (Å²) < 4.78 is 5.19. The molecule has 1 aromatic rings. The molecule has 2 unspecified atom stereocenters. The fourth-order valence-corrected chi connectivity index (χ4v) is 1.50. The highest BCUT2D eigenvalue weighted by Crippen LogP contribution is 2.07. The zero-order valence-corrected chi connectivity index (χ0v) is 10.3. The van der Waals surface area contributed by atoms with E-state index in [0.29, 0.717) is 13.2 Å². The summed E-state index contributed by atoms with van der Waals surface area (Å²) in [7, 11) is 0. The molecule has 0 aliphatic rings. The third-order valence-corrected chi connectivity index (χ3v) is 2.51. The molecular formula is C13H20N2O2. The van der Waals surface area contributed by atoms with Gasteiger partial charge in [-0.2, -0.15) is 0 Å². The van der Waals surface area contributed by atoms with Crippen molar-refractivity contribution < 1.29 is 9.53 Å². The zero-order chi connectivity index (χ0) is 12.7. The molecule has 1 rings (SSSR count). The second-order valence-corrected chi connectivity index (χ2v) is 3.86. The molecule has 0 saturated heterocycles. The van der Waals surface area contributed by atoms with Crippen molar-refractivity contribution in [3.63, 3.8) is 0 Å². The van der Waals surface area contributed by atoms with Crippen LogP contribution in [0.5, 0.6) is 0 Å². The van der Waals surface area contributed by atoms with Gasteiger partial charge in [0.05, 0.1) is 0 Å². The maximum atomic E-state index is 11.6. The first-order chi connectivity index (χ1) is 8.15. The Kier molecular flexibility index (Phi) is 5.66. The largest absolute Gasteiger partial charge is 0.369 e. The number of ether oxygens (including phenoxy) is 1. The van der Waals surface area contributed by atoms with E-state index in [9.17, 15) is 4.79 Å². The van der Waals surface area contributed by atoms with Crippen molar-refractivity contribution in [2.75, 3.05) is 13.2 Å². The minimum atomic E-state index is -0.428. The van der Waals surface area contributed by atoms with Gasteiger partial charge >= 0.3 is 0 Å². The van der Waals surface area contributed by atoms with Crippen molar-refractivity contribution in [3.05, 3.63) is 35.9 Å². The molecule has 0 aliphatic heterocycles. The van der Waals surface area contributed by atoms with E-state index in [1.165, 1.54) is 0 Å². The molecule has 3 N–H and O–H groups in total. The Bertz CT molecular complexity index is 341. The van der Waals surface area contributed by atoms with Gasteiger partial charge in [-0.05, 0) is 19.4 Å². The minimum Gasteiger partial charge on any atom is -0.369 e. The molecule has 2 atom stereocenters. The molecule has 17 heavy (non-hydrogen) atoms. The highest BCUT2D eigenvalue weighted by Gasteiger charge is 2.13. The molecule has 1 amide bonds. The number of amides is 1. The van der Waals surface area contributed by atoms with Crippen LogP contribution < -0.4 is 11.1 Å². The SMILES string of the molecule is CCOC(C)C(=O)NCC(N)c1ccccc1. The van der Waals surface area contributed by atoms with Crippen LogP contribution in [-0.2, 0) is 9.53 Å². The first kappa shape index (κ1) is 13.7. The van der Waals surface area contributed by atoms with Gasteiger partial charge in [-0.3, -0.25) is 4.79 Å². The van der Waals surface area contributed by atoms with Gasteiger partial charge in [-0.25, -0.2) is 0 Å². The van der Waals surface area contributed by atoms with Gasteiger partial charge in [-0.1, -0.05) is 30.3 Å². The highest BCUT2D eigenvalue weighted by atomic mass is 16.5. The summed E-state index contributed by atoms with van der Waals surface area (Å²) in [4.78, 5) is 11.6. The fourth-order valence-electron chi connectivity index (χ4n) is 1.50. The van der Waals surface area contributed by atoms with Crippen molar-refractivity contribution in [3.8, 4) is 0 Å². The van der Waals surface area contributed by atoms with Crippen molar-refractivity contribution >= 4 is 5.91 Å². The van der Waals surface area contributed by atoms with Gasteiger partial charge in [0, 0.05) is 19.2 Å². The summed E-state index contributed by atoms with van der Waals surface area (Å²) in [6, 6.07) is 9.51. The predicted octanol–water partition coefficient (Wildman–Crippen LogP) is 1.23. The number of nitrogens with two attached hydrogens (primary N) is 1. The lowest BCUT2D eigenvalue weighted by atomic mass is 10.1. The second kappa shape index (κ2) is 7.04. The summed E-state index contributed by atoms with van der Waals surface area (Å²) >= 11 is 0. The number of rotatable bonds is 6. The van der Waals surface area contributed by atoms with Gasteiger partial charge in [0.2, 0.25) is 5.91 Å². The Morgan fingerprint density at radius 1 is 1.41 bits per heavy atom. The molecule has 0 heterocycles. The maximum absolute atomic E-state index is 11.6. The quantitative estimate of drug-likeness (QED) is 0.780. The van der Waals surface area contributed by atoms with Crippen LogP contribution in [0.25, 0.3) is 0 Å². The van der Waals surface area contributed by atoms with E-state index in [1.807, 2.05) is 37.3 Å². The van der Waals surface area contributed by atoms with E-state index < -0.39 is 6.10 Å². The van der Waals surface area contributed by atoms with Crippen LogP contribution in [0.2, 0.25) is 0 Å². The molecule has 4 nitrogen and oxygen atoms in total. The van der Waals surface area contributed by atoms with Gasteiger partial charge < -0.3 is 15.8 Å². The number of carbonyl (C=O) groups excluding carboxylic acids is 1. The van der Waals surface area contributed by atoms with Gasteiger partial charge in [0.1, 0.15) is 6.10 Å². The Balaban J connectivity index is 2.38. The zero-order valence-electron chi connectivity index (χ0n) is 10.3. The Labute approximate surface area is 102 Å². The maximum Gasteiger partial charge on any atom is 0.248 e. The van der Waals surface area contributed by atoms with E-state index in [0.717, 1.165) is 5.56 Å². The second-order valence-electron chi connectivity index (χ2n) is 3.86. The molecule has 0 saturated carbocycles. The van der Waals surface area contributed by atoms with Crippen LogP contribution in [0.4, 0.5) is 0 Å². The van der Waals surface area contributed by atoms with Gasteiger partial charge in [0.25, 0.3) is 0 Å². The molecule has 1 aromatic carbocycles. The average molecular weight is 236 g/mol. The third kappa shape index (κ3) is 4.54.